The Morgan fingerprint density at radius 2 is 1.83 bits per heavy atom. The Labute approximate surface area is 167 Å². The lowest BCUT2D eigenvalue weighted by Gasteiger charge is -2.10. The van der Waals surface area contributed by atoms with E-state index in [1.54, 1.807) is 19.4 Å². The molecule has 0 aliphatic heterocycles. The van der Waals surface area contributed by atoms with Crippen LogP contribution in [0.25, 0.3) is 10.9 Å². The fraction of sp³-hybridized carbons (Fsp3) is 0.0909. The zero-order valence-corrected chi connectivity index (χ0v) is 15.8. The van der Waals surface area contributed by atoms with Gasteiger partial charge in [-0.15, -0.1) is 0 Å². The molecule has 2 heterocycles. The number of hydrogen-bond donors (Lipinski definition) is 2. The second kappa shape index (κ2) is 8.35. The van der Waals surface area contributed by atoms with Crippen molar-refractivity contribution in [1.29, 1.82) is 0 Å². The summed E-state index contributed by atoms with van der Waals surface area (Å²) >= 11 is 0. The van der Waals surface area contributed by atoms with Gasteiger partial charge in [-0.25, -0.2) is 9.97 Å². The zero-order valence-electron chi connectivity index (χ0n) is 15.8. The van der Waals surface area contributed by atoms with E-state index in [-0.39, 0.29) is 11.6 Å². The molecule has 2 aromatic carbocycles. The molecule has 29 heavy (non-hydrogen) atoms. The molecule has 0 atom stereocenters. The highest BCUT2D eigenvalue weighted by Crippen LogP contribution is 2.23. The summed E-state index contributed by atoms with van der Waals surface area (Å²) in [5, 5.41) is 7.10. The predicted molar refractivity (Wildman–Crippen MR) is 111 cm³/mol. The van der Waals surface area contributed by atoms with Crippen molar-refractivity contribution in [3.05, 3.63) is 84.4 Å². The first kappa shape index (κ1) is 18.4. The van der Waals surface area contributed by atoms with E-state index in [2.05, 4.69) is 25.6 Å². The summed E-state index contributed by atoms with van der Waals surface area (Å²) in [7, 11) is 1.62. The molecule has 0 bridgehead atoms. The van der Waals surface area contributed by atoms with Crippen LogP contribution in [0.1, 0.15) is 16.1 Å². The highest BCUT2D eigenvalue weighted by atomic mass is 16.5. The molecule has 0 fully saturated rings. The van der Waals surface area contributed by atoms with Crippen LogP contribution in [0.4, 0.5) is 11.5 Å². The van der Waals surface area contributed by atoms with Gasteiger partial charge in [-0.2, -0.15) is 0 Å². The monoisotopic (exact) mass is 385 g/mol. The third kappa shape index (κ3) is 4.30. The first-order chi connectivity index (χ1) is 14.2. The minimum Gasteiger partial charge on any atom is -0.497 e. The number of benzene rings is 2. The largest absolute Gasteiger partial charge is 0.497 e. The van der Waals surface area contributed by atoms with Gasteiger partial charge >= 0.3 is 0 Å². The minimum absolute atomic E-state index is 0.276. The molecule has 1 amide bonds. The molecule has 7 nitrogen and oxygen atoms in total. The van der Waals surface area contributed by atoms with Crippen LogP contribution in [0.3, 0.4) is 0 Å². The van der Waals surface area contributed by atoms with Crippen LogP contribution in [-0.2, 0) is 6.54 Å². The van der Waals surface area contributed by atoms with Crippen LogP contribution in [0.5, 0.6) is 5.75 Å². The number of carbonyl (C=O) groups is 1. The lowest BCUT2D eigenvalue weighted by molar-refractivity contribution is 0.0946. The van der Waals surface area contributed by atoms with E-state index in [9.17, 15) is 4.79 Å². The molecule has 0 aliphatic rings. The van der Waals surface area contributed by atoms with Crippen molar-refractivity contribution in [3.8, 4) is 5.75 Å². The number of anilines is 2. The number of aromatic nitrogens is 3. The van der Waals surface area contributed by atoms with E-state index >= 15 is 0 Å². The van der Waals surface area contributed by atoms with E-state index in [0.717, 1.165) is 27.9 Å². The van der Waals surface area contributed by atoms with Gasteiger partial charge in [0, 0.05) is 24.2 Å². The number of nitrogens with one attached hydrogen (secondary N) is 2. The maximum absolute atomic E-state index is 12.5. The quantitative estimate of drug-likeness (QED) is 0.526. The highest BCUT2D eigenvalue weighted by Gasteiger charge is 2.10. The Morgan fingerprint density at radius 1 is 1.00 bits per heavy atom. The third-order valence-corrected chi connectivity index (χ3v) is 4.41. The Balaban J connectivity index is 1.47. The van der Waals surface area contributed by atoms with Crippen LogP contribution >= 0.6 is 0 Å². The van der Waals surface area contributed by atoms with Gasteiger partial charge in [0.2, 0.25) is 0 Å². The molecule has 2 aromatic heterocycles. The highest BCUT2D eigenvalue weighted by molar-refractivity contribution is 5.94. The molecule has 0 saturated carbocycles. The maximum Gasteiger partial charge on any atom is 0.270 e. The van der Waals surface area contributed by atoms with Gasteiger partial charge < -0.3 is 15.4 Å². The molecule has 0 radical (unpaired) electrons. The van der Waals surface area contributed by atoms with Gasteiger partial charge in [0.15, 0.2) is 0 Å². The molecule has 144 valence electrons. The number of fused-ring (bicyclic) bond motifs is 1. The number of ether oxygens (including phenoxy) is 1. The molecule has 0 aliphatic carbocycles. The first-order valence-corrected chi connectivity index (χ1v) is 9.07. The third-order valence-electron chi connectivity index (χ3n) is 4.41. The average Bonchev–Trinajstić information content (AvgIpc) is 2.78. The van der Waals surface area contributed by atoms with Crippen LogP contribution in [-0.4, -0.2) is 28.0 Å². The number of pyridine rings is 1. The van der Waals surface area contributed by atoms with E-state index in [0.29, 0.717) is 12.4 Å². The van der Waals surface area contributed by atoms with Crippen molar-refractivity contribution < 1.29 is 9.53 Å². The topological polar surface area (TPSA) is 89.0 Å². The fourth-order valence-corrected chi connectivity index (χ4v) is 2.91. The second-order valence-corrected chi connectivity index (χ2v) is 6.32. The van der Waals surface area contributed by atoms with Crippen molar-refractivity contribution in [2.45, 2.75) is 6.54 Å². The van der Waals surface area contributed by atoms with Crippen LogP contribution in [0.15, 0.2) is 73.2 Å². The van der Waals surface area contributed by atoms with Crippen molar-refractivity contribution in [2.75, 3.05) is 12.4 Å². The number of carbonyl (C=O) groups excluding carboxylic acids is 1. The summed E-state index contributed by atoms with van der Waals surface area (Å²) in [6, 6.07) is 18.9. The van der Waals surface area contributed by atoms with Gasteiger partial charge in [-0.1, -0.05) is 30.3 Å². The molecule has 4 rings (SSSR count). The van der Waals surface area contributed by atoms with Gasteiger partial charge in [-0.3, -0.25) is 9.78 Å². The van der Waals surface area contributed by atoms with E-state index < -0.39 is 0 Å². The number of hydrogen-bond acceptors (Lipinski definition) is 6. The first-order valence-electron chi connectivity index (χ1n) is 9.07. The van der Waals surface area contributed by atoms with Gasteiger partial charge in [-0.05, 0) is 29.8 Å². The van der Waals surface area contributed by atoms with E-state index in [1.807, 2.05) is 54.6 Å². The summed E-state index contributed by atoms with van der Waals surface area (Å²) in [4.78, 5) is 25.2. The molecule has 4 aromatic rings. The maximum atomic E-state index is 12.5. The molecule has 0 unspecified atom stereocenters. The van der Waals surface area contributed by atoms with Gasteiger partial charge in [0.1, 0.15) is 23.6 Å². The smallest absolute Gasteiger partial charge is 0.270 e. The Kier molecular flexibility index (Phi) is 5.29. The molecular formula is C22H19N5O2. The standard InChI is InChI=1S/C22H19N5O2/c1-29-17-9-7-15(8-10-17)13-24-22(28)19-12-20(26-14-25-19)27-18-6-2-4-16-5-3-11-23-21(16)18/h2-12,14H,13H2,1H3,(H,24,28)(H,25,26,27). The predicted octanol–water partition coefficient (Wildman–Crippen LogP) is 3.71. The Bertz CT molecular complexity index is 1140. The van der Waals surface area contributed by atoms with E-state index in [1.165, 1.54) is 6.33 Å². The average molecular weight is 385 g/mol. The number of methoxy groups -OCH3 is 1. The summed E-state index contributed by atoms with van der Waals surface area (Å²) in [5.74, 6) is 1.02. The molecule has 0 spiro atoms. The normalized spacial score (nSPS) is 10.5. The molecule has 0 saturated heterocycles. The van der Waals surface area contributed by atoms with Gasteiger partial charge in [0.25, 0.3) is 5.91 Å². The lowest BCUT2D eigenvalue weighted by Crippen LogP contribution is -2.24. The van der Waals surface area contributed by atoms with Crippen molar-refractivity contribution in [3.63, 3.8) is 0 Å². The summed E-state index contributed by atoms with van der Waals surface area (Å²) in [6.07, 6.45) is 3.11. The lowest BCUT2D eigenvalue weighted by atomic mass is 10.2. The number of rotatable bonds is 6. The summed E-state index contributed by atoms with van der Waals surface area (Å²) in [5.41, 5.74) is 2.89. The summed E-state index contributed by atoms with van der Waals surface area (Å²) < 4.78 is 5.14. The minimum atomic E-state index is -0.276. The van der Waals surface area contributed by atoms with E-state index in [4.69, 9.17) is 4.74 Å². The number of nitrogens with zero attached hydrogens (tertiary/aromatic N) is 3. The van der Waals surface area contributed by atoms with Crippen molar-refractivity contribution in [2.24, 2.45) is 0 Å². The van der Waals surface area contributed by atoms with Crippen molar-refractivity contribution >= 4 is 28.3 Å². The second-order valence-electron chi connectivity index (χ2n) is 6.32. The summed E-state index contributed by atoms with van der Waals surface area (Å²) in [6.45, 7) is 0.392. The molecule has 7 heteroatoms. The molecule has 2 N–H and O–H groups in total. The van der Waals surface area contributed by atoms with Crippen LogP contribution in [0.2, 0.25) is 0 Å². The SMILES string of the molecule is COc1ccc(CNC(=O)c2cc(Nc3cccc4cccnc34)ncn2)cc1. The number of para-hydroxylation sites is 1. The Hall–Kier alpha value is -4.00. The fourth-order valence-electron chi connectivity index (χ4n) is 2.91. The van der Waals surface area contributed by atoms with Crippen LogP contribution in [0, 0.1) is 0 Å². The van der Waals surface area contributed by atoms with Crippen LogP contribution < -0.4 is 15.4 Å². The molecular weight excluding hydrogens is 366 g/mol. The Morgan fingerprint density at radius 3 is 2.66 bits per heavy atom. The zero-order chi connectivity index (χ0) is 20.1. The van der Waals surface area contributed by atoms with Crippen molar-refractivity contribution in [1.82, 2.24) is 20.3 Å². The number of amides is 1. The van der Waals surface area contributed by atoms with Gasteiger partial charge in [0.05, 0.1) is 18.3 Å².